The molecule has 4 N–H and O–H groups in total. The second-order valence-corrected chi connectivity index (χ2v) is 8.34. The number of amides is 1. The molecule has 1 aliphatic heterocycles. The molecule has 8 nitrogen and oxygen atoms in total. The third-order valence-electron chi connectivity index (χ3n) is 6.10. The molecule has 0 radical (unpaired) electrons. The quantitative estimate of drug-likeness (QED) is 0.616. The lowest BCUT2D eigenvalue weighted by molar-refractivity contribution is 0.0921. The molecule has 1 unspecified atom stereocenters. The maximum Gasteiger partial charge on any atom is 0.274 e. The van der Waals surface area contributed by atoms with Crippen LogP contribution in [0.4, 0.5) is 5.82 Å². The maximum absolute atomic E-state index is 12.9. The van der Waals surface area contributed by atoms with E-state index in [4.69, 9.17) is 5.73 Å². The molecule has 154 valence electrons. The minimum Gasteiger partial charge on any atom is -0.382 e. The lowest BCUT2D eigenvalue weighted by Gasteiger charge is -2.30. The molecule has 8 heteroatoms. The van der Waals surface area contributed by atoms with Crippen LogP contribution in [0, 0.1) is 0 Å². The van der Waals surface area contributed by atoms with Crippen molar-refractivity contribution in [1.82, 2.24) is 30.4 Å². The smallest absolute Gasteiger partial charge is 0.274 e. The molecule has 1 atom stereocenters. The van der Waals surface area contributed by atoms with Crippen LogP contribution in [0.3, 0.4) is 0 Å². The standard InChI is InChI=1S/C22H25N7O/c1-29-13-16(10-26-29)14-3-2-4-15(9-14)18-12-24-20(23)19(28-18)21(30)27-17-5-6-22(7-8-22)25-11-17/h2-4,9-10,12-13,17,25H,5-8,11H2,1H3,(H2,23,24)(H,27,30). The van der Waals surface area contributed by atoms with E-state index in [1.54, 1.807) is 10.9 Å². The molecule has 5 rings (SSSR count). The van der Waals surface area contributed by atoms with Gasteiger partial charge in [-0.2, -0.15) is 5.10 Å². The van der Waals surface area contributed by atoms with Crippen molar-refractivity contribution in [2.45, 2.75) is 37.3 Å². The monoisotopic (exact) mass is 403 g/mol. The first-order valence-electron chi connectivity index (χ1n) is 10.3. The van der Waals surface area contributed by atoms with Crippen LogP contribution in [-0.4, -0.2) is 43.8 Å². The molecule has 30 heavy (non-hydrogen) atoms. The summed E-state index contributed by atoms with van der Waals surface area (Å²) in [5.41, 5.74) is 10.0. The molecule has 1 saturated carbocycles. The van der Waals surface area contributed by atoms with E-state index in [1.165, 1.54) is 12.8 Å². The molecule has 3 aromatic rings. The Morgan fingerprint density at radius 2 is 2.07 bits per heavy atom. The summed E-state index contributed by atoms with van der Waals surface area (Å²) in [6.45, 7) is 0.784. The van der Waals surface area contributed by atoms with Gasteiger partial charge in [-0.15, -0.1) is 0 Å². The summed E-state index contributed by atoms with van der Waals surface area (Å²) in [7, 11) is 1.88. The number of anilines is 1. The third-order valence-corrected chi connectivity index (χ3v) is 6.10. The van der Waals surface area contributed by atoms with Crippen molar-refractivity contribution < 1.29 is 4.79 Å². The molecule has 3 heterocycles. The summed E-state index contributed by atoms with van der Waals surface area (Å²) in [6, 6.07) is 8.02. The van der Waals surface area contributed by atoms with E-state index in [0.29, 0.717) is 11.2 Å². The van der Waals surface area contributed by atoms with Crippen LogP contribution < -0.4 is 16.4 Å². The molecule has 1 spiro atoms. The summed E-state index contributed by atoms with van der Waals surface area (Å²) in [4.78, 5) is 21.6. The fraction of sp³-hybridized carbons (Fsp3) is 0.364. The zero-order chi connectivity index (χ0) is 20.7. The summed E-state index contributed by atoms with van der Waals surface area (Å²) in [5.74, 6) is -0.133. The van der Waals surface area contributed by atoms with Crippen molar-refractivity contribution in [3.8, 4) is 22.4 Å². The number of benzene rings is 1. The predicted octanol–water partition coefficient (Wildman–Crippen LogP) is 2.14. The van der Waals surface area contributed by atoms with Gasteiger partial charge in [-0.25, -0.2) is 9.97 Å². The number of rotatable bonds is 4. The van der Waals surface area contributed by atoms with E-state index in [0.717, 1.165) is 36.1 Å². The minimum absolute atomic E-state index is 0.0856. The Bertz CT molecular complexity index is 1090. The van der Waals surface area contributed by atoms with E-state index in [-0.39, 0.29) is 23.5 Å². The van der Waals surface area contributed by atoms with Crippen LogP contribution in [0.2, 0.25) is 0 Å². The summed E-state index contributed by atoms with van der Waals surface area (Å²) >= 11 is 0. The number of nitrogens with zero attached hydrogens (tertiary/aromatic N) is 4. The third kappa shape index (κ3) is 3.66. The molecule has 1 aliphatic carbocycles. The van der Waals surface area contributed by atoms with Crippen LogP contribution in [0.15, 0.2) is 42.9 Å². The van der Waals surface area contributed by atoms with Gasteiger partial charge < -0.3 is 16.4 Å². The number of aryl methyl sites for hydroxylation is 1. The summed E-state index contributed by atoms with van der Waals surface area (Å²) in [5, 5.41) is 10.9. The molecule has 2 fully saturated rings. The van der Waals surface area contributed by atoms with Gasteiger partial charge in [0, 0.05) is 42.5 Å². The lowest BCUT2D eigenvalue weighted by atomic mass is 9.99. The molecule has 1 aromatic carbocycles. The zero-order valence-electron chi connectivity index (χ0n) is 16.9. The average molecular weight is 403 g/mol. The van der Waals surface area contributed by atoms with Gasteiger partial charge in [-0.05, 0) is 37.3 Å². The Morgan fingerprint density at radius 3 is 2.77 bits per heavy atom. The minimum atomic E-state index is -0.274. The highest BCUT2D eigenvalue weighted by molar-refractivity contribution is 5.97. The van der Waals surface area contributed by atoms with E-state index in [9.17, 15) is 4.79 Å². The average Bonchev–Trinajstić information content (AvgIpc) is 3.37. The van der Waals surface area contributed by atoms with Crippen molar-refractivity contribution in [2.24, 2.45) is 7.05 Å². The Hall–Kier alpha value is -3.26. The van der Waals surface area contributed by atoms with Gasteiger partial charge in [0.15, 0.2) is 11.5 Å². The highest BCUT2D eigenvalue weighted by Crippen LogP contribution is 2.41. The number of piperidine rings is 1. The normalized spacial score (nSPS) is 19.6. The maximum atomic E-state index is 12.9. The molecule has 1 saturated heterocycles. The van der Waals surface area contributed by atoms with Gasteiger partial charge in [0.2, 0.25) is 0 Å². The zero-order valence-corrected chi connectivity index (χ0v) is 16.9. The number of nitrogens with two attached hydrogens (primary N) is 1. The topological polar surface area (TPSA) is 111 Å². The van der Waals surface area contributed by atoms with Gasteiger partial charge in [-0.3, -0.25) is 9.48 Å². The fourth-order valence-electron chi connectivity index (χ4n) is 4.07. The number of nitrogen functional groups attached to an aromatic ring is 1. The van der Waals surface area contributed by atoms with Crippen molar-refractivity contribution in [2.75, 3.05) is 12.3 Å². The van der Waals surface area contributed by atoms with Crippen molar-refractivity contribution in [1.29, 1.82) is 0 Å². The van der Waals surface area contributed by atoms with E-state index < -0.39 is 0 Å². The highest BCUT2D eigenvalue weighted by Gasteiger charge is 2.44. The fourth-order valence-corrected chi connectivity index (χ4v) is 4.07. The first kappa shape index (κ1) is 18.7. The van der Waals surface area contributed by atoms with Crippen molar-refractivity contribution >= 4 is 11.7 Å². The number of nitrogens with one attached hydrogen (secondary N) is 2. The molecular formula is C22H25N7O. The van der Waals surface area contributed by atoms with Gasteiger partial charge >= 0.3 is 0 Å². The number of aromatic nitrogens is 4. The molecular weight excluding hydrogens is 378 g/mol. The van der Waals surface area contributed by atoms with Gasteiger partial charge in [-0.1, -0.05) is 18.2 Å². The van der Waals surface area contributed by atoms with Crippen molar-refractivity contribution in [3.63, 3.8) is 0 Å². The number of carbonyl (C=O) groups is 1. The molecule has 1 amide bonds. The Balaban J connectivity index is 1.36. The number of carbonyl (C=O) groups excluding carboxylic acids is 1. The Labute approximate surface area is 174 Å². The predicted molar refractivity (Wildman–Crippen MR) is 115 cm³/mol. The van der Waals surface area contributed by atoms with Gasteiger partial charge in [0.1, 0.15) is 0 Å². The Kier molecular flexibility index (Phi) is 4.51. The SMILES string of the molecule is Cn1cc(-c2cccc(-c3cnc(N)c(C(=O)NC4CCC5(CC5)NC4)n3)c2)cn1. The first-order chi connectivity index (χ1) is 14.5. The van der Waals surface area contributed by atoms with E-state index in [2.05, 4.69) is 25.7 Å². The first-order valence-corrected chi connectivity index (χ1v) is 10.3. The molecule has 2 aromatic heterocycles. The van der Waals surface area contributed by atoms with Crippen LogP contribution in [0.5, 0.6) is 0 Å². The number of hydrogen-bond donors (Lipinski definition) is 3. The summed E-state index contributed by atoms with van der Waals surface area (Å²) in [6.07, 6.45) is 9.93. The second kappa shape index (κ2) is 7.21. The van der Waals surface area contributed by atoms with E-state index in [1.807, 2.05) is 43.7 Å². The van der Waals surface area contributed by atoms with Crippen LogP contribution in [0.25, 0.3) is 22.4 Å². The van der Waals surface area contributed by atoms with Gasteiger partial charge in [0.05, 0.1) is 18.1 Å². The van der Waals surface area contributed by atoms with Crippen LogP contribution in [0.1, 0.15) is 36.2 Å². The number of hydrogen-bond acceptors (Lipinski definition) is 6. The lowest BCUT2D eigenvalue weighted by Crippen LogP contribution is -2.50. The Morgan fingerprint density at radius 1 is 1.23 bits per heavy atom. The largest absolute Gasteiger partial charge is 0.382 e. The van der Waals surface area contributed by atoms with Crippen molar-refractivity contribution in [3.05, 3.63) is 48.5 Å². The second-order valence-electron chi connectivity index (χ2n) is 8.34. The molecule has 2 aliphatic rings. The van der Waals surface area contributed by atoms with Crippen LogP contribution in [-0.2, 0) is 7.05 Å². The van der Waals surface area contributed by atoms with Gasteiger partial charge in [0.25, 0.3) is 5.91 Å². The summed E-state index contributed by atoms with van der Waals surface area (Å²) < 4.78 is 1.76. The van der Waals surface area contributed by atoms with Crippen LogP contribution >= 0.6 is 0 Å². The molecule has 0 bridgehead atoms. The highest BCUT2D eigenvalue weighted by atomic mass is 16.2. The van der Waals surface area contributed by atoms with E-state index >= 15 is 0 Å².